The first kappa shape index (κ1) is 22.0. The average Bonchev–Trinajstić information content (AvgIpc) is 3.49. The fourth-order valence-electron chi connectivity index (χ4n) is 7.11. The Morgan fingerprint density at radius 2 is 1.79 bits per heavy atom. The number of aromatic nitrogens is 1. The van der Waals surface area contributed by atoms with E-state index < -0.39 is 0 Å². The van der Waals surface area contributed by atoms with Crippen LogP contribution >= 0.6 is 0 Å². The average molecular weight is 459 g/mol. The highest BCUT2D eigenvalue weighted by atomic mass is 16.7. The number of piperidine rings is 1. The van der Waals surface area contributed by atoms with Gasteiger partial charge in [-0.25, -0.2) is 0 Å². The number of rotatable bonds is 6. The maximum Gasteiger partial charge on any atom is 0.162 e. The zero-order valence-corrected chi connectivity index (χ0v) is 20.1. The van der Waals surface area contributed by atoms with Crippen molar-refractivity contribution < 1.29 is 14.3 Å². The quantitative estimate of drug-likeness (QED) is 0.494. The van der Waals surface area contributed by atoms with Crippen molar-refractivity contribution in [1.82, 2.24) is 9.47 Å². The number of hydrogen-bond acceptors (Lipinski definition) is 4. The molecule has 3 aliphatic heterocycles. The third-order valence-corrected chi connectivity index (χ3v) is 8.62. The van der Waals surface area contributed by atoms with E-state index in [2.05, 4.69) is 78.0 Å². The summed E-state index contributed by atoms with van der Waals surface area (Å²) >= 11 is 0. The fourth-order valence-corrected chi connectivity index (χ4v) is 7.11. The highest BCUT2D eigenvalue weighted by molar-refractivity contribution is 5.86. The molecule has 34 heavy (non-hydrogen) atoms. The van der Waals surface area contributed by atoms with Gasteiger partial charge in [0.2, 0.25) is 0 Å². The highest BCUT2D eigenvalue weighted by Gasteiger charge is 2.53. The van der Waals surface area contributed by atoms with Crippen molar-refractivity contribution in [2.45, 2.75) is 51.1 Å². The van der Waals surface area contributed by atoms with Crippen LogP contribution in [0.15, 0.2) is 54.6 Å². The van der Waals surface area contributed by atoms with E-state index in [0.717, 1.165) is 25.8 Å². The number of carbonyl (C=O) groups is 1. The molecular weight excluding hydrogens is 424 g/mol. The van der Waals surface area contributed by atoms with Crippen LogP contribution in [0.3, 0.4) is 0 Å². The summed E-state index contributed by atoms with van der Waals surface area (Å²) in [5.74, 6) is 0.446. The molecule has 6 rings (SSSR count). The van der Waals surface area contributed by atoms with E-state index in [4.69, 9.17) is 9.47 Å². The van der Waals surface area contributed by atoms with Gasteiger partial charge in [0.1, 0.15) is 6.29 Å². The summed E-state index contributed by atoms with van der Waals surface area (Å²) in [7, 11) is 2.21. The van der Waals surface area contributed by atoms with Crippen LogP contribution in [0, 0.1) is 17.8 Å². The minimum Gasteiger partial charge on any atom is -0.350 e. The van der Waals surface area contributed by atoms with E-state index in [-0.39, 0.29) is 36.1 Å². The van der Waals surface area contributed by atoms with E-state index in [1.165, 1.54) is 34.0 Å². The molecule has 0 spiro atoms. The van der Waals surface area contributed by atoms with Crippen molar-refractivity contribution in [1.29, 1.82) is 0 Å². The third-order valence-electron chi connectivity index (χ3n) is 8.62. The zero-order chi connectivity index (χ0) is 23.2. The van der Waals surface area contributed by atoms with Crippen LogP contribution in [0.5, 0.6) is 0 Å². The fraction of sp³-hybridized carbons (Fsp3) is 0.483. The van der Waals surface area contributed by atoms with Crippen molar-refractivity contribution in [3.05, 3.63) is 71.4 Å². The maximum absolute atomic E-state index is 12.2. The van der Waals surface area contributed by atoms with Crippen molar-refractivity contribution in [2.24, 2.45) is 24.8 Å². The van der Waals surface area contributed by atoms with Crippen LogP contribution in [0.25, 0.3) is 10.9 Å². The Morgan fingerprint density at radius 3 is 2.53 bits per heavy atom. The molecule has 0 amide bonds. The first-order valence-corrected chi connectivity index (χ1v) is 12.8. The van der Waals surface area contributed by atoms with Gasteiger partial charge in [-0.05, 0) is 42.4 Å². The van der Waals surface area contributed by atoms with Crippen molar-refractivity contribution in [3.8, 4) is 0 Å². The topological polar surface area (TPSA) is 43.7 Å². The summed E-state index contributed by atoms with van der Waals surface area (Å²) in [6.07, 6.45) is 3.72. The summed E-state index contributed by atoms with van der Waals surface area (Å²) in [5, 5.41) is 1.36. The van der Waals surface area contributed by atoms with Gasteiger partial charge in [-0.3, -0.25) is 4.90 Å². The molecule has 0 aliphatic carbocycles. The molecule has 2 fully saturated rings. The number of aldehydes is 1. The smallest absolute Gasteiger partial charge is 0.162 e. The van der Waals surface area contributed by atoms with E-state index in [1.807, 2.05) is 0 Å². The van der Waals surface area contributed by atoms with Crippen LogP contribution in [0.1, 0.15) is 42.6 Å². The van der Waals surface area contributed by atoms with E-state index in [9.17, 15) is 4.79 Å². The van der Waals surface area contributed by atoms with Gasteiger partial charge in [0, 0.05) is 48.1 Å². The molecule has 5 nitrogen and oxygen atoms in total. The predicted molar refractivity (Wildman–Crippen MR) is 132 cm³/mol. The Bertz CT molecular complexity index is 1170. The third kappa shape index (κ3) is 3.44. The SMILES string of the molecule is CC[C@H](C=O)[C@H]1C[C@@H]2c3c(c4ccccc4n3C)C[C@H]([C@@H]1C1OCCO1)N2Cc1ccccc1. The normalized spacial score (nSPS) is 28.2. The molecule has 2 aromatic carbocycles. The number of fused-ring (bicyclic) bond motifs is 6. The monoisotopic (exact) mass is 458 g/mol. The number of hydrogen-bond donors (Lipinski definition) is 0. The second kappa shape index (κ2) is 8.95. The van der Waals surface area contributed by atoms with Gasteiger partial charge in [0.25, 0.3) is 0 Å². The van der Waals surface area contributed by atoms with Crippen LogP contribution in [-0.2, 0) is 34.3 Å². The van der Waals surface area contributed by atoms with Gasteiger partial charge in [-0.1, -0.05) is 55.5 Å². The van der Waals surface area contributed by atoms with E-state index in [1.54, 1.807) is 0 Å². The zero-order valence-electron chi connectivity index (χ0n) is 20.1. The second-order valence-corrected chi connectivity index (χ2v) is 10.2. The lowest BCUT2D eigenvalue weighted by Crippen LogP contribution is -2.58. The first-order valence-electron chi connectivity index (χ1n) is 12.8. The lowest BCUT2D eigenvalue weighted by atomic mass is 9.65. The van der Waals surface area contributed by atoms with Gasteiger partial charge >= 0.3 is 0 Å². The van der Waals surface area contributed by atoms with Crippen molar-refractivity contribution >= 4 is 17.2 Å². The highest BCUT2D eigenvalue weighted by Crippen LogP contribution is 2.53. The molecule has 1 aromatic heterocycles. The standard InChI is InChI=1S/C29H34N2O3/c1-3-20(18-32)22-15-26-28-23(21-11-7-8-12-24(21)30(28)2)16-25(27(22)29-33-13-14-34-29)31(26)17-19-9-5-4-6-10-19/h4-12,18,20,22,25-27,29H,3,13-17H2,1-2H3/t20-,22-,25-,26-,27-/m1/s1. The molecule has 178 valence electrons. The molecule has 5 atom stereocenters. The Kier molecular flexibility index (Phi) is 5.80. The second-order valence-electron chi connectivity index (χ2n) is 10.2. The first-order chi connectivity index (χ1) is 16.7. The Morgan fingerprint density at radius 1 is 1.06 bits per heavy atom. The number of aryl methyl sites for hydroxylation is 1. The molecule has 0 saturated carbocycles. The molecule has 5 heteroatoms. The van der Waals surface area contributed by atoms with Gasteiger partial charge < -0.3 is 18.8 Å². The van der Waals surface area contributed by atoms with E-state index in [0.29, 0.717) is 13.2 Å². The summed E-state index contributed by atoms with van der Waals surface area (Å²) in [6.45, 7) is 4.31. The van der Waals surface area contributed by atoms with Gasteiger partial charge in [0.05, 0.1) is 19.3 Å². The molecule has 3 aliphatic rings. The number of carbonyl (C=O) groups excluding carboxylic acids is 1. The van der Waals surface area contributed by atoms with Gasteiger partial charge in [-0.2, -0.15) is 0 Å². The molecule has 4 heterocycles. The summed E-state index contributed by atoms with van der Waals surface area (Å²) in [6, 6.07) is 20.1. The molecule has 3 aromatic rings. The minimum absolute atomic E-state index is 0.0258. The Labute approximate surface area is 201 Å². The number of para-hydroxylation sites is 1. The largest absolute Gasteiger partial charge is 0.350 e. The van der Waals surface area contributed by atoms with Crippen LogP contribution in [-0.4, -0.2) is 41.3 Å². The van der Waals surface area contributed by atoms with Gasteiger partial charge in [-0.15, -0.1) is 0 Å². The minimum atomic E-state index is -0.236. The summed E-state index contributed by atoms with van der Waals surface area (Å²) in [4.78, 5) is 14.9. The Balaban J connectivity index is 1.51. The van der Waals surface area contributed by atoms with E-state index >= 15 is 0 Å². The van der Waals surface area contributed by atoms with Crippen molar-refractivity contribution in [2.75, 3.05) is 13.2 Å². The maximum atomic E-state index is 12.2. The molecule has 0 N–H and O–H groups in total. The number of benzene rings is 2. The Hall–Kier alpha value is -2.47. The molecule has 0 unspecified atom stereocenters. The lowest BCUT2D eigenvalue weighted by molar-refractivity contribution is -0.165. The van der Waals surface area contributed by atoms with Crippen LogP contribution < -0.4 is 0 Å². The summed E-state index contributed by atoms with van der Waals surface area (Å²) < 4.78 is 14.7. The summed E-state index contributed by atoms with van der Waals surface area (Å²) in [5.41, 5.74) is 5.51. The molecule has 0 radical (unpaired) electrons. The van der Waals surface area contributed by atoms with Crippen LogP contribution in [0.2, 0.25) is 0 Å². The predicted octanol–water partition coefficient (Wildman–Crippen LogP) is 4.88. The van der Waals surface area contributed by atoms with Gasteiger partial charge in [0.15, 0.2) is 6.29 Å². The molecule has 2 saturated heterocycles. The van der Waals surface area contributed by atoms with Crippen molar-refractivity contribution in [3.63, 3.8) is 0 Å². The number of nitrogens with zero attached hydrogens (tertiary/aromatic N) is 2. The number of ether oxygens (including phenoxy) is 2. The molecule has 2 bridgehead atoms. The van der Waals surface area contributed by atoms with Crippen LogP contribution in [0.4, 0.5) is 0 Å². The molecular formula is C29H34N2O3. The lowest BCUT2D eigenvalue weighted by Gasteiger charge is -2.55.